The predicted molar refractivity (Wildman–Crippen MR) is 45.3 cm³/mol. The molecule has 1 atom stereocenters. The van der Waals surface area contributed by atoms with Gasteiger partial charge < -0.3 is 10.0 Å². The highest BCUT2D eigenvalue weighted by Crippen LogP contribution is 2.17. The van der Waals surface area contributed by atoms with Gasteiger partial charge in [0.1, 0.15) is 0 Å². The standard InChI is InChI=1S/C9H13NO2/c1-2-4-9(12)10-6-3-5-8(10)7-11/h1,8,11H,3-7H2. The number of likely N-dealkylation sites (tertiary alicyclic amines) is 1. The van der Waals surface area contributed by atoms with Crippen LogP contribution in [0.3, 0.4) is 0 Å². The van der Waals surface area contributed by atoms with E-state index in [1.54, 1.807) is 4.90 Å². The van der Waals surface area contributed by atoms with Gasteiger partial charge >= 0.3 is 0 Å². The largest absolute Gasteiger partial charge is 0.394 e. The van der Waals surface area contributed by atoms with Gasteiger partial charge in [-0.05, 0) is 12.8 Å². The van der Waals surface area contributed by atoms with Gasteiger partial charge in [0.25, 0.3) is 0 Å². The minimum absolute atomic E-state index is 0.00542. The highest BCUT2D eigenvalue weighted by molar-refractivity contribution is 5.79. The average molecular weight is 167 g/mol. The van der Waals surface area contributed by atoms with Gasteiger partial charge in [0.05, 0.1) is 19.1 Å². The van der Waals surface area contributed by atoms with E-state index in [9.17, 15) is 4.79 Å². The third-order valence-corrected chi connectivity index (χ3v) is 2.16. The molecule has 3 heteroatoms. The molecule has 0 bridgehead atoms. The second-order valence-corrected chi connectivity index (χ2v) is 2.95. The number of carbonyl (C=O) groups excluding carboxylic acids is 1. The highest BCUT2D eigenvalue weighted by Gasteiger charge is 2.26. The molecular formula is C9H13NO2. The fraction of sp³-hybridized carbons (Fsp3) is 0.667. The van der Waals surface area contributed by atoms with Gasteiger partial charge in [-0.1, -0.05) is 5.92 Å². The van der Waals surface area contributed by atoms with Crippen molar-refractivity contribution < 1.29 is 9.90 Å². The molecule has 1 saturated heterocycles. The highest BCUT2D eigenvalue weighted by atomic mass is 16.3. The Morgan fingerprint density at radius 3 is 3.08 bits per heavy atom. The molecule has 0 aromatic heterocycles. The molecule has 1 aliphatic rings. The second-order valence-electron chi connectivity index (χ2n) is 2.95. The molecule has 1 fully saturated rings. The van der Waals surface area contributed by atoms with Gasteiger partial charge in [-0.2, -0.15) is 0 Å². The van der Waals surface area contributed by atoms with E-state index in [0.717, 1.165) is 19.4 Å². The smallest absolute Gasteiger partial charge is 0.234 e. The number of terminal acetylenes is 1. The molecule has 1 heterocycles. The minimum Gasteiger partial charge on any atom is -0.394 e. The van der Waals surface area contributed by atoms with E-state index < -0.39 is 0 Å². The summed E-state index contributed by atoms with van der Waals surface area (Å²) in [6.45, 7) is 0.794. The van der Waals surface area contributed by atoms with Crippen LogP contribution in [-0.4, -0.2) is 35.1 Å². The maximum Gasteiger partial charge on any atom is 0.234 e. The van der Waals surface area contributed by atoms with Crippen LogP contribution in [0.1, 0.15) is 19.3 Å². The van der Waals surface area contributed by atoms with E-state index in [0.29, 0.717) is 0 Å². The molecule has 0 aromatic carbocycles. The van der Waals surface area contributed by atoms with Crippen LogP contribution in [0.15, 0.2) is 0 Å². The second kappa shape index (κ2) is 4.13. The molecule has 0 aromatic rings. The van der Waals surface area contributed by atoms with Crippen molar-refractivity contribution in [1.82, 2.24) is 4.90 Å². The summed E-state index contributed by atoms with van der Waals surface area (Å²) >= 11 is 0. The molecule has 1 rings (SSSR count). The van der Waals surface area contributed by atoms with Crippen molar-refractivity contribution >= 4 is 5.91 Å². The monoisotopic (exact) mass is 167 g/mol. The van der Waals surface area contributed by atoms with Crippen LogP contribution in [0.4, 0.5) is 0 Å². The van der Waals surface area contributed by atoms with Gasteiger partial charge in [0.2, 0.25) is 5.91 Å². The number of aliphatic hydroxyl groups excluding tert-OH is 1. The van der Waals surface area contributed by atoms with E-state index in [-0.39, 0.29) is 25.0 Å². The fourth-order valence-corrected chi connectivity index (χ4v) is 1.54. The van der Waals surface area contributed by atoms with Crippen molar-refractivity contribution in [2.45, 2.75) is 25.3 Å². The van der Waals surface area contributed by atoms with Crippen molar-refractivity contribution in [3.63, 3.8) is 0 Å². The van der Waals surface area contributed by atoms with Crippen molar-refractivity contribution in [3.8, 4) is 12.3 Å². The zero-order valence-electron chi connectivity index (χ0n) is 6.99. The summed E-state index contributed by atoms with van der Waals surface area (Å²) in [7, 11) is 0. The number of hydrogen-bond acceptors (Lipinski definition) is 2. The third kappa shape index (κ3) is 1.77. The van der Waals surface area contributed by atoms with E-state index in [4.69, 9.17) is 11.5 Å². The summed E-state index contributed by atoms with van der Waals surface area (Å²) < 4.78 is 0. The lowest BCUT2D eigenvalue weighted by Crippen LogP contribution is -2.37. The quantitative estimate of drug-likeness (QED) is 0.588. The van der Waals surface area contributed by atoms with Crippen LogP contribution in [0.25, 0.3) is 0 Å². The van der Waals surface area contributed by atoms with Crippen LogP contribution in [0.5, 0.6) is 0 Å². The van der Waals surface area contributed by atoms with E-state index in [1.807, 2.05) is 0 Å². The van der Waals surface area contributed by atoms with Crippen LogP contribution >= 0.6 is 0 Å². The van der Waals surface area contributed by atoms with E-state index in [2.05, 4.69) is 5.92 Å². The summed E-state index contributed by atoms with van der Waals surface area (Å²) in [5.74, 6) is 2.28. The summed E-state index contributed by atoms with van der Waals surface area (Å²) in [6.07, 6.45) is 7.04. The normalized spacial score (nSPS) is 22.3. The number of hydrogen-bond donors (Lipinski definition) is 1. The van der Waals surface area contributed by atoms with Crippen molar-refractivity contribution in [3.05, 3.63) is 0 Å². The van der Waals surface area contributed by atoms with Gasteiger partial charge in [-0.15, -0.1) is 6.42 Å². The van der Waals surface area contributed by atoms with Gasteiger partial charge in [0.15, 0.2) is 0 Å². The van der Waals surface area contributed by atoms with Crippen LogP contribution < -0.4 is 0 Å². The fourth-order valence-electron chi connectivity index (χ4n) is 1.54. The molecule has 0 radical (unpaired) electrons. The first kappa shape index (κ1) is 9.08. The van der Waals surface area contributed by atoms with Crippen molar-refractivity contribution in [2.24, 2.45) is 0 Å². The molecule has 1 unspecified atom stereocenters. The zero-order chi connectivity index (χ0) is 8.97. The number of aliphatic hydroxyl groups is 1. The van der Waals surface area contributed by atoms with Crippen molar-refractivity contribution in [2.75, 3.05) is 13.2 Å². The SMILES string of the molecule is C#CCC(=O)N1CCCC1CO. The topological polar surface area (TPSA) is 40.5 Å². The Morgan fingerprint density at radius 1 is 1.75 bits per heavy atom. The van der Waals surface area contributed by atoms with Crippen molar-refractivity contribution in [1.29, 1.82) is 0 Å². The Labute approximate surface area is 72.4 Å². The van der Waals surface area contributed by atoms with Gasteiger partial charge in [-0.25, -0.2) is 0 Å². The first-order valence-electron chi connectivity index (χ1n) is 4.13. The summed E-state index contributed by atoms with van der Waals surface area (Å²) in [6, 6.07) is 0.00542. The molecule has 1 aliphatic heterocycles. The third-order valence-electron chi connectivity index (χ3n) is 2.16. The minimum atomic E-state index is -0.0333. The summed E-state index contributed by atoms with van der Waals surface area (Å²) in [5.41, 5.74) is 0. The Balaban J connectivity index is 2.50. The summed E-state index contributed by atoms with van der Waals surface area (Å²) in [5, 5.41) is 8.91. The zero-order valence-corrected chi connectivity index (χ0v) is 6.99. The molecule has 1 N–H and O–H groups in total. The maximum atomic E-state index is 11.3. The Bertz CT molecular complexity index is 207. The Kier molecular flexibility index (Phi) is 3.12. The molecule has 0 spiro atoms. The van der Waals surface area contributed by atoms with Gasteiger partial charge in [0, 0.05) is 6.54 Å². The van der Waals surface area contributed by atoms with Gasteiger partial charge in [-0.3, -0.25) is 4.79 Å². The lowest BCUT2D eigenvalue weighted by Gasteiger charge is -2.21. The predicted octanol–water partition coefficient (Wildman–Crippen LogP) is -0.00700. The first-order valence-corrected chi connectivity index (χ1v) is 4.13. The molecule has 66 valence electrons. The van der Waals surface area contributed by atoms with Crippen LogP contribution in [0, 0.1) is 12.3 Å². The average Bonchev–Trinajstić information content (AvgIpc) is 2.51. The molecule has 0 saturated carbocycles. The Hall–Kier alpha value is -1.01. The molecule has 3 nitrogen and oxygen atoms in total. The molecule has 12 heavy (non-hydrogen) atoms. The Morgan fingerprint density at radius 2 is 2.50 bits per heavy atom. The van der Waals surface area contributed by atoms with E-state index >= 15 is 0 Å². The van der Waals surface area contributed by atoms with E-state index in [1.165, 1.54) is 0 Å². The van der Waals surface area contributed by atoms with Crippen LogP contribution in [-0.2, 0) is 4.79 Å². The lowest BCUT2D eigenvalue weighted by molar-refractivity contribution is -0.131. The number of carbonyl (C=O) groups is 1. The molecular weight excluding hydrogens is 154 g/mol. The number of amides is 1. The lowest BCUT2D eigenvalue weighted by atomic mass is 10.2. The number of nitrogens with zero attached hydrogens (tertiary/aromatic N) is 1. The van der Waals surface area contributed by atoms with Crippen LogP contribution in [0.2, 0.25) is 0 Å². The molecule has 1 amide bonds. The first-order chi connectivity index (χ1) is 5.79. The molecule has 0 aliphatic carbocycles. The summed E-state index contributed by atoms with van der Waals surface area (Å²) in [4.78, 5) is 13.0. The number of rotatable bonds is 2. The maximum absolute atomic E-state index is 11.3.